The molecule has 0 saturated carbocycles. The third kappa shape index (κ3) is 4.46. The molecule has 15 heavy (non-hydrogen) atoms. The van der Waals surface area contributed by atoms with E-state index in [1.54, 1.807) is 0 Å². The van der Waals surface area contributed by atoms with Gasteiger partial charge in [0.15, 0.2) is 9.84 Å². The zero-order valence-electron chi connectivity index (χ0n) is 8.94. The summed E-state index contributed by atoms with van der Waals surface area (Å²) in [6.45, 7) is 1.39. The number of hydrogen-bond acceptors (Lipinski definition) is 5. The highest BCUT2D eigenvalue weighted by molar-refractivity contribution is 7.91. The zero-order chi connectivity index (χ0) is 11.5. The molecule has 1 saturated heterocycles. The van der Waals surface area contributed by atoms with E-state index in [0.29, 0.717) is 6.42 Å². The van der Waals surface area contributed by atoms with Crippen molar-refractivity contribution in [1.29, 1.82) is 0 Å². The van der Waals surface area contributed by atoms with Gasteiger partial charge in [-0.05, 0) is 19.8 Å². The average Bonchev–Trinajstić information content (AvgIpc) is 2.14. The van der Waals surface area contributed by atoms with E-state index in [-0.39, 0.29) is 30.7 Å². The lowest BCUT2D eigenvalue weighted by Crippen LogP contribution is -2.48. The largest absolute Gasteiger partial charge is 0.393 e. The smallest absolute Gasteiger partial charge is 0.151 e. The Morgan fingerprint density at radius 1 is 1.53 bits per heavy atom. The van der Waals surface area contributed by atoms with Crippen molar-refractivity contribution in [2.75, 3.05) is 24.7 Å². The van der Waals surface area contributed by atoms with Crippen molar-refractivity contribution in [3.05, 3.63) is 0 Å². The second kappa shape index (κ2) is 4.78. The Kier molecular flexibility index (Phi) is 4.11. The van der Waals surface area contributed by atoms with Crippen LogP contribution in [0.5, 0.6) is 0 Å². The highest BCUT2D eigenvalue weighted by Gasteiger charge is 2.27. The van der Waals surface area contributed by atoms with Gasteiger partial charge in [0.2, 0.25) is 0 Å². The standard InChI is InChI=1S/C9H19NO4S/c1-9(12,7-11)6-10-8-3-2-4-15(13,14)5-8/h8,10-12H,2-7H2,1H3. The Balaban J connectivity index is 2.40. The molecule has 1 fully saturated rings. The van der Waals surface area contributed by atoms with E-state index in [2.05, 4.69) is 5.32 Å². The van der Waals surface area contributed by atoms with Gasteiger partial charge in [-0.2, -0.15) is 0 Å². The molecule has 0 bridgehead atoms. The van der Waals surface area contributed by atoms with E-state index in [9.17, 15) is 13.5 Å². The van der Waals surface area contributed by atoms with Gasteiger partial charge in [-0.3, -0.25) is 0 Å². The van der Waals surface area contributed by atoms with Gasteiger partial charge >= 0.3 is 0 Å². The molecular formula is C9H19NO4S. The van der Waals surface area contributed by atoms with Gasteiger partial charge in [0.05, 0.1) is 23.7 Å². The van der Waals surface area contributed by atoms with Crippen molar-refractivity contribution in [2.45, 2.75) is 31.4 Å². The first-order valence-corrected chi connectivity index (χ1v) is 6.94. The maximum Gasteiger partial charge on any atom is 0.151 e. The molecule has 0 amide bonds. The molecule has 1 rings (SSSR count). The molecule has 1 aliphatic rings. The van der Waals surface area contributed by atoms with Gasteiger partial charge in [0, 0.05) is 12.6 Å². The van der Waals surface area contributed by atoms with Crippen molar-refractivity contribution >= 4 is 9.84 Å². The molecule has 6 heteroatoms. The van der Waals surface area contributed by atoms with E-state index >= 15 is 0 Å². The summed E-state index contributed by atoms with van der Waals surface area (Å²) in [4.78, 5) is 0. The van der Waals surface area contributed by atoms with Crippen LogP contribution in [0.2, 0.25) is 0 Å². The molecule has 1 heterocycles. The molecule has 0 radical (unpaired) electrons. The van der Waals surface area contributed by atoms with Crippen LogP contribution >= 0.6 is 0 Å². The highest BCUT2D eigenvalue weighted by atomic mass is 32.2. The van der Waals surface area contributed by atoms with E-state index in [1.807, 2.05) is 0 Å². The van der Waals surface area contributed by atoms with Crippen LogP contribution < -0.4 is 5.32 Å². The lowest BCUT2D eigenvalue weighted by atomic mass is 10.1. The first-order valence-electron chi connectivity index (χ1n) is 5.12. The molecule has 90 valence electrons. The van der Waals surface area contributed by atoms with Crippen molar-refractivity contribution in [3.63, 3.8) is 0 Å². The summed E-state index contributed by atoms with van der Waals surface area (Å²) in [6, 6.07) is -0.0956. The summed E-state index contributed by atoms with van der Waals surface area (Å²) >= 11 is 0. The summed E-state index contributed by atoms with van der Waals surface area (Å²) in [7, 11) is -2.91. The third-order valence-electron chi connectivity index (χ3n) is 2.58. The maximum absolute atomic E-state index is 11.3. The number of aliphatic hydroxyl groups is 2. The molecule has 3 N–H and O–H groups in total. The Morgan fingerprint density at radius 2 is 2.20 bits per heavy atom. The van der Waals surface area contributed by atoms with Gasteiger partial charge < -0.3 is 15.5 Å². The minimum atomic E-state index is -2.91. The van der Waals surface area contributed by atoms with Gasteiger partial charge in [0.1, 0.15) is 0 Å². The van der Waals surface area contributed by atoms with Crippen LogP contribution in [0.4, 0.5) is 0 Å². The minimum absolute atomic E-state index is 0.0956. The quantitative estimate of drug-likeness (QED) is 0.577. The van der Waals surface area contributed by atoms with Crippen molar-refractivity contribution in [3.8, 4) is 0 Å². The number of hydrogen-bond donors (Lipinski definition) is 3. The molecule has 2 atom stereocenters. The molecule has 0 aliphatic carbocycles. The molecule has 0 spiro atoms. The fraction of sp³-hybridized carbons (Fsp3) is 1.00. The predicted octanol–water partition coefficient (Wildman–Crippen LogP) is -1.10. The first kappa shape index (κ1) is 12.9. The fourth-order valence-corrected chi connectivity index (χ4v) is 3.27. The first-order chi connectivity index (χ1) is 6.85. The highest BCUT2D eigenvalue weighted by Crippen LogP contribution is 2.12. The van der Waals surface area contributed by atoms with Crippen molar-refractivity contribution in [2.24, 2.45) is 0 Å². The summed E-state index contributed by atoms with van der Waals surface area (Å²) in [5, 5.41) is 21.3. The monoisotopic (exact) mass is 237 g/mol. The Bertz CT molecular complexity index is 299. The van der Waals surface area contributed by atoms with Gasteiger partial charge in [-0.15, -0.1) is 0 Å². The van der Waals surface area contributed by atoms with Crippen molar-refractivity contribution < 1.29 is 18.6 Å². The Labute approximate surface area is 90.4 Å². The number of nitrogens with one attached hydrogen (secondary N) is 1. The molecule has 1 aliphatic heterocycles. The molecule has 0 aromatic heterocycles. The zero-order valence-corrected chi connectivity index (χ0v) is 9.76. The van der Waals surface area contributed by atoms with Crippen LogP contribution in [0.15, 0.2) is 0 Å². The average molecular weight is 237 g/mol. The summed E-state index contributed by atoms with van der Waals surface area (Å²) in [6.07, 6.45) is 1.47. The van der Waals surface area contributed by atoms with Crippen LogP contribution in [0.25, 0.3) is 0 Å². The Hall–Kier alpha value is -0.170. The second-order valence-corrected chi connectivity index (χ2v) is 6.72. The van der Waals surface area contributed by atoms with Crippen molar-refractivity contribution in [1.82, 2.24) is 5.32 Å². The summed E-state index contributed by atoms with van der Waals surface area (Å²) < 4.78 is 22.6. The SMILES string of the molecule is CC(O)(CO)CNC1CCCS(=O)(=O)C1. The van der Waals surface area contributed by atoms with E-state index < -0.39 is 15.4 Å². The van der Waals surface area contributed by atoms with E-state index in [4.69, 9.17) is 5.11 Å². The van der Waals surface area contributed by atoms with Crippen LogP contribution in [-0.2, 0) is 9.84 Å². The van der Waals surface area contributed by atoms with Crippen LogP contribution in [-0.4, -0.2) is 54.9 Å². The lowest BCUT2D eigenvalue weighted by Gasteiger charge is -2.27. The normalized spacial score (nSPS) is 29.7. The summed E-state index contributed by atoms with van der Waals surface area (Å²) in [5.41, 5.74) is -1.18. The molecule has 2 unspecified atom stereocenters. The van der Waals surface area contributed by atoms with Crippen LogP contribution in [0, 0.1) is 0 Å². The Morgan fingerprint density at radius 3 is 2.73 bits per heavy atom. The number of aliphatic hydroxyl groups excluding tert-OH is 1. The van der Waals surface area contributed by atoms with Gasteiger partial charge in [-0.1, -0.05) is 0 Å². The van der Waals surface area contributed by atoms with Gasteiger partial charge in [-0.25, -0.2) is 8.42 Å². The van der Waals surface area contributed by atoms with Gasteiger partial charge in [0.25, 0.3) is 0 Å². The predicted molar refractivity (Wildman–Crippen MR) is 57.4 cm³/mol. The van der Waals surface area contributed by atoms with Crippen LogP contribution in [0.3, 0.4) is 0 Å². The maximum atomic E-state index is 11.3. The second-order valence-electron chi connectivity index (χ2n) is 4.49. The number of rotatable bonds is 4. The number of sulfone groups is 1. The molecule has 5 nitrogen and oxygen atoms in total. The topological polar surface area (TPSA) is 86.6 Å². The van der Waals surface area contributed by atoms with E-state index in [0.717, 1.165) is 6.42 Å². The van der Waals surface area contributed by atoms with E-state index in [1.165, 1.54) is 6.92 Å². The fourth-order valence-electron chi connectivity index (χ4n) is 1.60. The third-order valence-corrected chi connectivity index (χ3v) is 4.40. The molecule has 0 aromatic rings. The summed E-state index contributed by atoms with van der Waals surface area (Å²) in [5.74, 6) is 0.399. The lowest BCUT2D eigenvalue weighted by molar-refractivity contribution is 0.000931. The minimum Gasteiger partial charge on any atom is -0.393 e. The van der Waals surface area contributed by atoms with Crippen LogP contribution in [0.1, 0.15) is 19.8 Å². The molecule has 0 aromatic carbocycles. The molecular weight excluding hydrogens is 218 g/mol.